The highest BCUT2D eigenvalue weighted by molar-refractivity contribution is 6.44. The Labute approximate surface area is 187 Å². The van der Waals surface area contributed by atoms with Crippen molar-refractivity contribution in [2.24, 2.45) is 5.92 Å². The molecule has 0 saturated carbocycles. The van der Waals surface area contributed by atoms with Gasteiger partial charge in [0.25, 0.3) is 5.91 Å². The van der Waals surface area contributed by atoms with Gasteiger partial charge in [0.05, 0.1) is 32.9 Å². The SMILES string of the molecule is COc1ccc(C2C(C(=O)c3ccccc3)C(=O)C(=O)N2CCC[NH+]2CCOCC2)cc1. The molecular weight excluding hydrogens is 408 g/mol. The summed E-state index contributed by atoms with van der Waals surface area (Å²) in [5.41, 5.74) is 1.20. The first-order chi connectivity index (χ1) is 15.6. The van der Waals surface area contributed by atoms with Crippen molar-refractivity contribution in [2.45, 2.75) is 12.5 Å². The third-order valence-electron chi connectivity index (χ3n) is 6.33. The van der Waals surface area contributed by atoms with E-state index in [-0.39, 0.29) is 5.78 Å². The van der Waals surface area contributed by atoms with Crippen molar-refractivity contribution < 1.29 is 28.8 Å². The molecule has 2 aromatic carbocycles. The topological polar surface area (TPSA) is 77.4 Å². The van der Waals surface area contributed by atoms with Gasteiger partial charge in [-0.1, -0.05) is 42.5 Å². The van der Waals surface area contributed by atoms with Gasteiger partial charge in [-0.3, -0.25) is 14.4 Å². The van der Waals surface area contributed by atoms with Crippen molar-refractivity contribution in [3.05, 3.63) is 65.7 Å². The Hall–Kier alpha value is -3.03. The van der Waals surface area contributed by atoms with Crippen molar-refractivity contribution in [3.63, 3.8) is 0 Å². The Bertz CT molecular complexity index is 954. The summed E-state index contributed by atoms with van der Waals surface area (Å²) < 4.78 is 10.7. The van der Waals surface area contributed by atoms with Gasteiger partial charge in [-0.15, -0.1) is 0 Å². The smallest absolute Gasteiger partial charge is 0.291 e. The van der Waals surface area contributed by atoms with Crippen LogP contribution in [0.5, 0.6) is 5.75 Å². The number of quaternary nitrogens is 1. The molecule has 0 radical (unpaired) electrons. The zero-order valence-corrected chi connectivity index (χ0v) is 18.3. The number of ether oxygens (including phenoxy) is 2. The summed E-state index contributed by atoms with van der Waals surface area (Å²) in [5, 5.41) is 0. The number of likely N-dealkylation sites (tertiary alicyclic amines) is 1. The van der Waals surface area contributed by atoms with E-state index in [2.05, 4.69) is 0 Å². The summed E-state index contributed by atoms with van der Waals surface area (Å²) in [7, 11) is 1.58. The molecule has 32 heavy (non-hydrogen) atoms. The first kappa shape index (κ1) is 22.2. The summed E-state index contributed by atoms with van der Waals surface area (Å²) in [6, 6.07) is 15.4. The monoisotopic (exact) mass is 437 g/mol. The highest BCUT2D eigenvalue weighted by Crippen LogP contribution is 2.38. The molecule has 2 aromatic rings. The lowest BCUT2D eigenvalue weighted by molar-refractivity contribution is -0.908. The standard InChI is InChI=1S/C25H28N2O5/c1-31-20-10-8-18(9-11-20)22-21(23(28)19-6-3-2-4-7-19)24(29)25(30)27(22)13-5-12-26-14-16-32-17-15-26/h2-4,6-11,21-22H,5,12-17H2,1H3/p+1. The largest absolute Gasteiger partial charge is 0.497 e. The van der Waals surface area contributed by atoms with E-state index in [4.69, 9.17) is 9.47 Å². The van der Waals surface area contributed by atoms with E-state index in [1.165, 1.54) is 4.90 Å². The summed E-state index contributed by atoms with van der Waals surface area (Å²) >= 11 is 0. The maximum atomic E-state index is 13.3. The molecular formula is C25H29N2O5+. The molecule has 2 aliphatic rings. The van der Waals surface area contributed by atoms with Crippen molar-refractivity contribution in [2.75, 3.05) is 46.5 Å². The van der Waals surface area contributed by atoms with Crippen molar-refractivity contribution in [1.29, 1.82) is 0 Å². The number of nitrogens with one attached hydrogen (secondary N) is 1. The number of hydrogen-bond donors (Lipinski definition) is 1. The number of carbonyl (C=O) groups is 3. The van der Waals surface area contributed by atoms with Crippen LogP contribution in [0.1, 0.15) is 28.4 Å². The molecule has 2 aliphatic heterocycles. The molecule has 2 heterocycles. The average molecular weight is 438 g/mol. The summed E-state index contributed by atoms with van der Waals surface area (Å²) in [4.78, 5) is 42.4. The summed E-state index contributed by atoms with van der Waals surface area (Å²) in [5.74, 6) is -1.88. The highest BCUT2D eigenvalue weighted by atomic mass is 16.5. The molecule has 7 heteroatoms. The predicted octanol–water partition coefficient (Wildman–Crippen LogP) is 0.952. The quantitative estimate of drug-likeness (QED) is 0.378. The number of amides is 1. The van der Waals surface area contributed by atoms with E-state index in [9.17, 15) is 14.4 Å². The average Bonchev–Trinajstić information content (AvgIpc) is 3.10. The van der Waals surface area contributed by atoms with Crippen LogP contribution in [0.25, 0.3) is 0 Å². The molecule has 7 nitrogen and oxygen atoms in total. The second-order valence-electron chi connectivity index (χ2n) is 8.25. The molecule has 4 rings (SSSR count). The summed E-state index contributed by atoms with van der Waals surface area (Å²) in [6.45, 7) is 4.73. The lowest BCUT2D eigenvalue weighted by Gasteiger charge is -2.29. The van der Waals surface area contributed by atoms with Gasteiger partial charge in [0.1, 0.15) is 24.8 Å². The number of nitrogens with zero attached hydrogens (tertiary/aromatic N) is 1. The zero-order valence-electron chi connectivity index (χ0n) is 18.3. The van der Waals surface area contributed by atoms with E-state index < -0.39 is 23.7 Å². The van der Waals surface area contributed by atoms with Gasteiger partial charge in [-0.05, 0) is 17.7 Å². The van der Waals surface area contributed by atoms with Crippen LogP contribution in [0, 0.1) is 5.92 Å². The number of carbonyl (C=O) groups excluding carboxylic acids is 3. The normalized spacial score (nSPS) is 21.7. The van der Waals surface area contributed by atoms with Gasteiger partial charge in [0, 0.05) is 18.5 Å². The zero-order chi connectivity index (χ0) is 22.5. The molecule has 168 valence electrons. The second kappa shape index (κ2) is 10.1. The molecule has 2 saturated heterocycles. The molecule has 2 unspecified atom stereocenters. The molecule has 1 amide bonds. The fourth-order valence-corrected chi connectivity index (χ4v) is 4.59. The van der Waals surface area contributed by atoms with Crippen LogP contribution in [0.15, 0.2) is 54.6 Å². The number of rotatable bonds is 8. The molecule has 0 aliphatic carbocycles. The van der Waals surface area contributed by atoms with Gasteiger partial charge in [0.15, 0.2) is 5.78 Å². The van der Waals surface area contributed by atoms with Crippen molar-refractivity contribution >= 4 is 17.5 Å². The predicted molar refractivity (Wildman–Crippen MR) is 118 cm³/mol. The fourth-order valence-electron chi connectivity index (χ4n) is 4.59. The minimum Gasteiger partial charge on any atom is -0.497 e. The number of methoxy groups -OCH3 is 1. The third-order valence-corrected chi connectivity index (χ3v) is 6.33. The lowest BCUT2D eigenvalue weighted by Crippen LogP contribution is -3.14. The van der Waals surface area contributed by atoms with Crippen molar-refractivity contribution in [3.8, 4) is 5.75 Å². The van der Waals surface area contributed by atoms with Gasteiger partial charge >= 0.3 is 0 Å². The Morgan fingerprint density at radius 3 is 2.41 bits per heavy atom. The Morgan fingerprint density at radius 2 is 1.75 bits per heavy atom. The van der Waals surface area contributed by atoms with Crippen LogP contribution in [-0.2, 0) is 14.3 Å². The second-order valence-corrected chi connectivity index (χ2v) is 8.25. The number of morpholine rings is 1. The van der Waals surface area contributed by atoms with E-state index in [1.54, 1.807) is 48.4 Å². The van der Waals surface area contributed by atoms with Crippen LogP contribution in [0.4, 0.5) is 0 Å². The van der Waals surface area contributed by atoms with Crippen molar-refractivity contribution in [1.82, 2.24) is 4.90 Å². The van der Waals surface area contributed by atoms with Crippen LogP contribution in [0.2, 0.25) is 0 Å². The van der Waals surface area contributed by atoms with Crippen LogP contribution < -0.4 is 9.64 Å². The van der Waals surface area contributed by atoms with Crippen LogP contribution in [0.3, 0.4) is 0 Å². The lowest BCUT2D eigenvalue weighted by atomic mass is 9.86. The highest BCUT2D eigenvalue weighted by Gasteiger charge is 2.51. The van der Waals surface area contributed by atoms with Gasteiger partial charge in [-0.2, -0.15) is 0 Å². The minimum absolute atomic E-state index is 0.314. The Kier molecular flexibility index (Phi) is 6.97. The molecule has 0 spiro atoms. The minimum atomic E-state index is -1.05. The molecule has 2 fully saturated rings. The van der Waals surface area contributed by atoms with Crippen LogP contribution >= 0.6 is 0 Å². The number of Topliss-reactive ketones (excluding diaryl/α,β-unsaturated/α-hetero) is 2. The third kappa shape index (κ3) is 4.59. The fraction of sp³-hybridized carbons (Fsp3) is 0.400. The Balaban J connectivity index is 1.60. The van der Waals surface area contributed by atoms with E-state index >= 15 is 0 Å². The molecule has 0 bridgehead atoms. The number of benzene rings is 2. The maximum absolute atomic E-state index is 13.3. The van der Waals surface area contributed by atoms with E-state index in [0.29, 0.717) is 17.9 Å². The molecule has 1 N–H and O–H groups in total. The maximum Gasteiger partial charge on any atom is 0.291 e. The first-order valence-electron chi connectivity index (χ1n) is 11.1. The van der Waals surface area contributed by atoms with E-state index in [1.807, 2.05) is 18.2 Å². The van der Waals surface area contributed by atoms with Gasteiger partial charge in [-0.25, -0.2) is 0 Å². The molecule has 0 aromatic heterocycles. The molecule has 2 atom stereocenters. The number of ketones is 2. The number of hydrogen-bond acceptors (Lipinski definition) is 5. The van der Waals surface area contributed by atoms with Gasteiger partial charge < -0.3 is 19.3 Å². The van der Waals surface area contributed by atoms with Gasteiger partial charge in [0.2, 0.25) is 5.78 Å². The Morgan fingerprint density at radius 1 is 1.06 bits per heavy atom. The van der Waals surface area contributed by atoms with Crippen LogP contribution in [-0.4, -0.2) is 68.9 Å². The summed E-state index contributed by atoms with van der Waals surface area (Å²) in [6.07, 6.45) is 0.757. The first-order valence-corrected chi connectivity index (χ1v) is 11.1. The van der Waals surface area contributed by atoms with E-state index in [0.717, 1.165) is 44.8 Å².